The summed E-state index contributed by atoms with van der Waals surface area (Å²) in [6, 6.07) is 11.6. The Labute approximate surface area is 130 Å². The minimum atomic E-state index is -0.338. The molecule has 0 bridgehead atoms. The van der Waals surface area contributed by atoms with E-state index in [1.807, 2.05) is 19.1 Å². The van der Waals surface area contributed by atoms with Crippen molar-refractivity contribution in [2.24, 2.45) is 0 Å². The summed E-state index contributed by atoms with van der Waals surface area (Å²) in [5.74, 6) is 0.493. The van der Waals surface area contributed by atoms with Gasteiger partial charge >= 0.3 is 0 Å². The Bertz CT molecular complexity index is 651. The molecule has 2 aromatic rings. The molecule has 0 aliphatic carbocycles. The molecule has 0 fully saturated rings. The zero-order valence-electron chi connectivity index (χ0n) is 13.0. The van der Waals surface area contributed by atoms with Gasteiger partial charge in [0.2, 0.25) is 0 Å². The molecule has 0 aliphatic heterocycles. The van der Waals surface area contributed by atoms with Crippen LogP contribution in [0.3, 0.4) is 0 Å². The number of carbonyl (C=O) groups excluding carboxylic acids is 1. The van der Waals surface area contributed by atoms with Gasteiger partial charge in [-0.3, -0.25) is 4.79 Å². The van der Waals surface area contributed by atoms with E-state index in [0.717, 1.165) is 5.56 Å². The van der Waals surface area contributed by atoms with E-state index in [4.69, 9.17) is 4.74 Å². The van der Waals surface area contributed by atoms with E-state index in [1.54, 1.807) is 0 Å². The van der Waals surface area contributed by atoms with Crippen LogP contribution in [0, 0.1) is 12.7 Å². The number of carbonyl (C=O) groups is 1. The number of ether oxygens (including phenoxy) is 1. The summed E-state index contributed by atoms with van der Waals surface area (Å²) in [6.07, 6.45) is 0. The number of nitrogens with one attached hydrogen (secondary N) is 1. The maximum absolute atomic E-state index is 12.8. The highest BCUT2D eigenvalue weighted by molar-refractivity contribution is 5.91. The molecule has 0 saturated heterocycles. The molecule has 22 heavy (non-hydrogen) atoms. The van der Waals surface area contributed by atoms with E-state index < -0.39 is 0 Å². The van der Waals surface area contributed by atoms with Crippen LogP contribution in [-0.4, -0.2) is 12.5 Å². The van der Waals surface area contributed by atoms with Crippen LogP contribution in [0.25, 0.3) is 0 Å². The SMILES string of the molecule is Cc1ccc(C(C)C)cc1OCC(=O)Nc1ccc(F)cc1. The lowest BCUT2D eigenvalue weighted by Gasteiger charge is -2.13. The first-order valence-corrected chi connectivity index (χ1v) is 7.24. The summed E-state index contributed by atoms with van der Waals surface area (Å²) in [6.45, 7) is 6.07. The standard InChI is InChI=1S/C18H20FNO2/c1-12(2)14-5-4-13(3)17(10-14)22-11-18(21)20-16-8-6-15(19)7-9-16/h4-10,12H,11H2,1-3H3,(H,20,21). The molecule has 1 N–H and O–H groups in total. The third-order valence-electron chi connectivity index (χ3n) is 3.37. The fraction of sp³-hybridized carbons (Fsp3) is 0.278. The number of anilines is 1. The Morgan fingerprint density at radius 1 is 1.18 bits per heavy atom. The van der Waals surface area contributed by atoms with Crippen molar-refractivity contribution in [1.82, 2.24) is 0 Å². The van der Waals surface area contributed by atoms with E-state index in [-0.39, 0.29) is 18.3 Å². The Kier molecular flexibility index (Phi) is 5.15. The van der Waals surface area contributed by atoms with E-state index >= 15 is 0 Å². The van der Waals surface area contributed by atoms with E-state index in [0.29, 0.717) is 17.4 Å². The topological polar surface area (TPSA) is 38.3 Å². The lowest BCUT2D eigenvalue weighted by atomic mass is 10.0. The summed E-state index contributed by atoms with van der Waals surface area (Å²) in [5.41, 5.74) is 2.70. The number of hydrogen-bond donors (Lipinski definition) is 1. The first kappa shape index (κ1) is 16.0. The van der Waals surface area contributed by atoms with Crippen molar-refractivity contribution in [1.29, 1.82) is 0 Å². The molecule has 0 heterocycles. The van der Waals surface area contributed by atoms with Gasteiger partial charge in [0, 0.05) is 5.69 Å². The molecule has 0 aromatic heterocycles. The van der Waals surface area contributed by atoms with Gasteiger partial charge in [-0.2, -0.15) is 0 Å². The summed E-state index contributed by atoms with van der Waals surface area (Å²) < 4.78 is 18.4. The summed E-state index contributed by atoms with van der Waals surface area (Å²) >= 11 is 0. The highest BCUT2D eigenvalue weighted by Gasteiger charge is 2.08. The van der Waals surface area contributed by atoms with Gasteiger partial charge in [-0.25, -0.2) is 4.39 Å². The molecule has 116 valence electrons. The van der Waals surface area contributed by atoms with Gasteiger partial charge in [-0.15, -0.1) is 0 Å². The third kappa shape index (κ3) is 4.32. The minimum Gasteiger partial charge on any atom is -0.483 e. The van der Waals surface area contributed by atoms with Crippen LogP contribution < -0.4 is 10.1 Å². The summed E-state index contributed by atoms with van der Waals surface area (Å²) in [5, 5.41) is 2.67. The lowest BCUT2D eigenvalue weighted by Crippen LogP contribution is -2.20. The first-order chi connectivity index (χ1) is 10.5. The quantitative estimate of drug-likeness (QED) is 0.895. The number of hydrogen-bond acceptors (Lipinski definition) is 2. The minimum absolute atomic E-state index is 0.0836. The number of rotatable bonds is 5. The molecule has 0 atom stereocenters. The van der Waals surface area contributed by atoms with Crippen molar-refractivity contribution in [3.05, 3.63) is 59.4 Å². The Hall–Kier alpha value is -2.36. The second-order valence-corrected chi connectivity index (χ2v) is 5.52. The van der Waals surface area contributed by atoms with Crippen molar-refractivity contribution in [2.75, 3.05) is 11.9 Å². The second-order valence-electron chi connectivity index (χ2n) is 5.52. The lowest BCUT2D eigenvalue weighted by molar-refractivity contribution is -0.118. The molecule has 3 nitrogen and oxygen atoms in total. The van der Waals surface area contributed by atoms with Crippen LogP contribution in [0.5, 0.6) is 5.75 Å². The van der Waals surface area contributed by atoms with Crippen molar-refractivity contribution < 1.29 is 13.9 Å². The molecule has 1 amide bonds. The largest absolute Gasteiger partial charge is 0.483 e. The van der Waals surface area contributed by atoms with Crippen LogP contribution >= 0.6 is 0 Å². The fourth-order valence-corrected chi connectivity index (χ4v) is 2.00. The van der Waals surface area contributed by atoms with E-state index in [2.05, 4.69) is 25.2 Å². The van der Waals surface area contributed by atoms with Gasteiger partial charge in [0.15, 0.2) is 6.61 Å². The highest BCUT2D eigenvalue weighted by atomic mass is 19.1. The summed E-state index contributed by atoms with van der Waals surface area (Å²) in [4.78, 5) is 11.9. The van der Waals surface area contributed by atoms with E-state index in [1.165, 1.54) is 29.8 Å². The molecule has 2 aromatic carbocycles. The van der Waals surface area contributed by atoms with Crippen LogP contribution in [0.4, 0.5) is 10.1 Å². The zero-order chi connectivity index (χ0) is 16.1. The monoisotopic (exact) mass is 301 g/mol. The molecule has 0 spiro atoms. The van der Waals surface area contributed by atoms with Gasteiger partial charge in [0.1, 0.15) is 11.6 Å². The third-order valence-corrected chi connectivity index (χ3v) is 3.37. The van der Waals surface area contributed by atoms with Gasteiger partial charge in [0.05, 0.1) is 0 Å². The van der Waals surface area contributed by atoms with Crippen molar-refractivity contribution >= 4 is 11.6 Å². The first-order valence-electron chi connectivity index (χ1n) is 7.24. The Morgan fingerprint density at radius 2 is 1.86 bits per heavy atom. The van der Waals surface area contributed by atoms with Gasteiger partial charge < -0.3 is 10.1 Å². The smallest absolute Gasteiger partial charge is 0.262 e. The van der Waals surface area contributed by atoms with Crippen LogP contribution in [0.1, 0.15) is 30.9 Å². The Morgan fingerprint density at radius 3 is 2.50 bits per heavy atom. The van der Waals surface area contributed by atoms with Gasteiger partial charge in [-0.05, 0) is 54.3 Å². The molecule has 0 saturated carbocycles. The molecule has 0 unspecified atom stereocenters. The highest BCUT2D eigenvalue weighted by Crippen LogP contribution is 2.24. The fourth-order valence-electron chi connectivity index (χ4n) is 2.00. The molecule has 2 rings (SSSR count). The molecule has 0 aliphatic rings. The maximum Gasteiger partial charge on any atom is 0.262 e. The van der Waals surface area contributed by atoms with Crippen molar-refractivity contribution in [3.63, 3.8) is 0 Å². The van der Waals surface area contributed by atoms with Crippen LogP contribution in [0.2, 0.25) is 0 Å². The van der Waals surface area contributed by atoms with E-state index in [9.17, 15) is 9.18 Å². The average molecular weight is 301 g/mol. The number of benzene rings is 2. The molecule has 4 heteroatoms. The normalized spacial score (nSPS) is 10.6. The molecular weight excluding hydrogens is 281 g/mol. The molecule has 0 radical (unpaired) electrons. The zero-order valence-corrected chi connectivity index (χ0v) is 13.0. The second kappa shape index (κ2) is 7.07. The predicted octanol–water partition coefficient (Wildman–Crippen LogP) is 4.28. The number of halogens is 1. The summed E-state index contributed by atoms with van der Waals surface area (Å²) in [7, 11) is 0. The number of amides is 1. The van der Waals surface area contributed by atoms with Gasteiger partial charge in [0.25, 0.3) is 5.91 Å². The van der Waals surface area contributed by atoms with Crippen molar-refractivity contribution in [3.8, 4) is 5.75 Å². The van der Waals surface area contributed by atoms with Crippen molar-refractivity contribution in [2.45, 2.75) is 26.7 Å². The average Bonchev–Trinajstić information content (AvgIpc) is 2.48. The predicted molar refractivity (Wildman–Crippen MR) is 85.8 cm³/mol. The van der Waals surface area contributed by atoms with Crippen LogP contribution in [-0.2, 0) is 4.79 Å². The molecular formula is C18H20FNO2. The van der Waals surface area contributed by atoms with Gasteiger partial charge in [-0.1, -0.05) is 26.0 Å². The maximum atomic E-state index is 12.8. The number of aryl methyl sites for hydroxylation is 1. The van der Waals surface area contributed by atoms with Crippen LogP contribution in [0.15, 0.2) is 42.5 Å². The Balaban J connectivity index is 1.96.